The first kappa shape index (κ1) is 18.8. The molecule has 0 aliphatic heterocycles. The van der Waals surface area contributed by atoms with Gasteiger partial charge in [0.2, 0.25) is 0 Å². The second-order valence-corrected chi connectivity index (χ2v) is 6.35. The van der Waals surface area contributed by atoms with Crippen molar-refractivity contribution in [1.82, 2.24) is 0 Å². The molecular weight excluding hydrogens is 258 g/mol. The molecule has 0 aliphatic carbocycles. The van der Waals surface area contributed by atoms with Crippen molar-refractivity contribution >= 4 is 17.7 Å². The number of rotatable bonds is 14. The van der Waals surface area contributed by atoms with E-state index in [1.165, 1.54) is 64.2 Å². The maximum Gasteiger partial charge on any atom is 0.321 e. The zero-order valence-electron chi connectivity index (χ0n) is 12.4. The molecule has 0 aromatic carbocycles. The number of aliphatic carboxylic acids is 1. The second-order valence-electron chi connectivity index (χ2n) is 5.20. The van der Waals surface area contributed by atoms with E-state index < -0.39 is 12.0 Å². The van der Waals surface area contributed by atoms with Crippen LogP contribution in [-0.2, 0) is 4.79 Å². The van der Waals surface area contributed by atoms with Gasteiger partial charge >= 0.3 is 5.97 Å². The first-order valence-corrected chi connectivity index (χ1v) is 8.90. The highest BCUT2D eigenvalue weighted by Crippen LogP contribution is 2.12. The topological polar surface area (TPSA) is 63.3 Å². The summed E-state index contributed by atoms with van der Waals surface area (Å²) in [5, 5.41) is 8.62. The molecule has 19 heavy (non-hydrogen) atoms. The van der Waals surface area contributed by atoms with Crippen LogP contribution in [0.25, 0.3) is 0 Å². The van der Waals surface area contributed by atoms with Crippen molar-refractivity contribution in [2.75, 3.05) is 11.5 Å². The maximum absolute atomic E-state index is 10.5. The fraction of sp³-hybridized carbons (Fsp3) is 0.933. The van der Waals surface area contributed by atoms with Gasteiger partial charge in [0.1, 0.15) is 6.04 Å². The van der Waals surface area contributed by atoms with Gasteiger partial charge in [-0.3, -0.25) is 4.79 Å². The van der Waals surface area contributed by atoms with E-state index in [0.29, 0.717) is 5.75 Å². The summed E-state index contributed by atoms with van der Waals surface area (Å²) in [6.45, 7) is 2.25. The number of carboxylic acids is 1. The lowest BCUT2D eigenvalue weighted by Crippen LogP contribution is -2.32. The van der Waals surface area contributed by atoms with Crippen LogP contribution in [0.15, 0.2) is 0 Å². The van der Waals surface area contributed by atoms with E-state index in [1.54, 1.807) is 11.8 Å². The molecule has 0 bridgehead atoms. The van der Waals surface area contributed by atoms with Gasteiger partial charge in [-0.2, -0.15) is 11.8 Å². The van der Waals surface area contributed by atoms with Gasteiger partial charge in [-0.05, 0) is 12.2 Å². The molecule has 0 aromatic rings. The molecule has 0 heterocycles. The highest BCUT2D eigenvalue weighted by atomic mass is 32.2. The Bertz CT molecular complexity index is 212. The molecule has 0 saturated heterocycles. The van der Waals surface area contributed by atoms with E-state index in [-0.39, 0.29) is 0 Å². The van der Waals surface area contributed by atoms with Gasteiger partial charge in [0.25, 0.3) is 0 Å². The second kappa shape index (κ2) is 14.2. The van der Waals surface area contributed by atoms with E-state index in [4.69, 9.17) is 10.8 Å². The van der Waals surface area contributed by atoms with Crippen molar-refractivity contribution in [2.24, 2.45) is 5.73 Å². The monoisotopic (exact) mass is 289 g/mol. The fourth-order valence-corrected chi connectivity index (χ4v) is 2.94. The molecule has 4 heteroatoms. The minimum Gasteiger partial charge on any atom is -0.480 e. The van der Waals surface area contributed by atoms with Gasteiger partial charge in [-0.15, -0.1) is 0 Å². The summed E-state index contributed by atoms with van der Waals surface area (Å²) >= 11 is 1.66. The summed E-state index contributed by atoms with van der Waals surface area (Å²) in [5.74, 6) is 0.681. The zero-order valence-corrected chi connectivity index (χ0v) is 13.2. The molecule has 0 aliphatic rings. The number of nitrogens with two attached hydrogens (primary N) is 1. The van der Waals surface area contributed by atoms with Crippen LogP contribution in [0, 0.1) is 0 Å². The molecule has 0 radical (unpaired) electrons. The largest absolute Gasteiger partial charge is 0.480 e. The van der Waals surface area contributed by atoms with E-state index in [2.05, 4.69) is 6.92 Å². The number of unbranched alkanes of at least 4 members (excludes halogenated alkanes) is 9. The molecule has 3 N–H and O–H groups in total. The first-order chi connectivity index (χ1) is 9.18. The molecule has 114 valence electrons. The fourth-order valence-electron chi connectivity index (χ4n) is 1.97. The van der Waals surface area contributed by atoms with Crippen LogP contribution in [0.2, 0.25) is 0 Å². The number of carboxylic acid groups (broad SMARTS) is 1. The van der Waals surface area contributed by atoms with Crippen LogP contribution in [0.1, 0.15) is 71.1 Å². The third-order valence-corrected chi connectivity index (χ3v) is 4.43. The van der Waals surface area contributed by atoms with Crippen molar-refractivity contribution in [2.45, 2.75) is 77.2 Å². The van der Waals surface area contributed by atoms with Crippen LogP contribution in [-0.4, -0.2) is 28.6 Å². The Morgan fingerprint density at radius 1 is 1.00 bits per heavy atom. The zero-order chi connectivity index (χ0) is 14.3. The summed E-state index contributed by atoms with van der Waals surface area (Å²) < 4.78 is 0. The Morgan fingerprint density at radius 2 is 1.47 bits per heavy atom. The van der Waals surface area contributed by atoms with Crippen LogP contribution in [0.3, 0.4) is 0 Å². The Balaban J connectivity index is 3.05. The average molecular weight is 289 g/mol. The first-order valence-electron chi connectivity index (χ1n) is 7.74. The molecule has 0 amide bonds. The quantitative estimate of drug-likeness (QED) is 0.473. The van der Waals surface area contributed by atoms with Crippen LogP contribution in [0.5, 0.6) is 0 Å². The molecule has 0 fully saturated rings. The van der Waals surface area contributed by atoms with E-state index in [1.807, 2.05) is 0 Å². The van der Waals surface area contributed by atoms with E-state index >= 15 is 0 Å². The highest BCUT2D eigenvalue weighted by molar-refractivity contribution is 7.99. The van der Waals surface area contributed by atoms with Gasteiger partial charge in [-0.25, -0.2) is 0 Å². The number of hydrogen-bond donors (Lipinski definition) is 2. The predicted molar refractivity (Wildman–Crippen MR) is 84.8 cm³/mol. The lowest BCUT2D eigenvalue weighted by molar-refractivity contribution is -0.137. The molecule has 0 rings (SSSR count). The highest BCUT2D eigenvalue weighted by Gasteiger charge is 2.10. The van der Waals surface area contributed by atoms with Gasteiger partial charge in [0, 0.05) is 5.75 Å². The lowest BCUT2D eigenvalue weighted by atomic mass is 10.1. The average Bonchev–Trinajstić information content (AvgIpc) is 2.39. The SMILES string of the molecule is CCCCCCCCCCCCSCC(N)C(=O)O. The smallest absolute Gasteiger partial charge is 0.321 e. The Kier molecular flexibility index (Phi) is 14.0. The molecule has 3 nitrogen and oxygen atoms in total. The normalized spacial score (nSPS) is 12.5. The summed E-state index contributed by atoms with van der Waals surface area (Å²) in [7, 11) is 0. The Labute approximate surface area is 122 Å². The van der Waals surface area contributed by atoms with Crippen molar-refractivity contribution in [3.05, 3.63) is 0 Å². The van der Waals surface area contributed by atoms with Gasteiger partial charge in [0.05, 0.1) is 0 Å². The van der Waals surface area contributed by atoms with E-state index in [9.17, 15) is 4.79 Å². The summed E-state index contributed by atoms with van der Waals surface area (Å²) in [5.41, 5.74) is 5.43. The molecule has 0 aromatic heterocycles. The van der Waals surface area contributed by atoms with Crippen LogP contribution in [0.4, 0.5) is 0 Å². The molecule has 1 atom stereocenters. The number of carbonyl (C=O) groups is 1. The standard InChI is InChI=1S/C15H31NO2S/c1-2-3-4-5-6-7-8-9-10-11-12-19-13-14(16)15(17)18/h14H,2-13,16H2,1H3,(H,17,18). The summed E-state index contributed by atoms with van der Waals surface area (Å²) in [6.07, 6.45) is 13.4. The summed E-state index contributed by atoms with van der Waals surface area (Å²) in [6, 6.07) is -0.701. The number of hydrogen-bond acceptors (Lipinski definition) is 3. The van der Waals surface area contributed by atoms with Crippen LogP contribution >= 0.6 is 11.8 Å². The third kappa shape index (κ3) is 14.0. The molecule has 1 unspecified atom stereocenters. The summed E-state index contributed by atoms with van der Waals surface area (Å²) in [4.78, 5) is 10.5. The Morgan fingerprint density at radius 3 is 1.95 bits per heavy atom. The maximum atomic E-state index is 10.5. The lowest BCUT2D eigenvalue weighted by Gasteiger charge is -2.05. The van der Waals surface area contributed by atoms with Gasteiger partial charge in [-0.1, -0.05) is 64.7 Å². The third-order valence-electron chi connectivity index (χ3n) is 3.26. The minimum atomic E-state index is -0.893. The number of thioether (sulfide) groups is 1. The molecule has 0 saturated carbocycles. The molecule has 0 spiro atoms. The molecular formula is C15H31NO2S. The van der Waals surface area contributed by atoms with Crippen LogP contribution < -0.4 is 5.73 Å². The Hall–Kier alpha value is -0.220. The minimum absolute atomic E-state index is 0.534. The van der Waals surface area contributed by atoms with Crippen molar-refractivity contribution in [1.29, 1.82) is 0 Å². The van der Waals surface area contributed by atoms with Crippen molar-refractivity contribution in [3.8, 4) is 0 Å². The van der Waals surface area contributed by atoms with E-state index in [0.717, 1.165) is 5.75 Å². The van der Waals surface area contributed by atoms with Crippen molar-refractivity contribution in [3.63, 3.8) is 0 Å². The van der Waals surface area contributed by atoms with Gasteiger partial charge < -0.3 is 10.8 Å². The predicted octanol–water partition coefficient (Wildman–Crippen LogP) is 4.05. The van der Waals surface area contributed by atoms with Crippen molar-refractivity contribution < 1.29 is 9.90 Å². The van der Waals surface area contributed by atoms with Gasteiger partial charge in [0.15, 0.2) is 0 Å².